The van der Waals surface area contributed by atoms with Gasteiger partial charge in [-0.3, -0.25) is 4.79 Å². The molecule has 0 aromatic rings. The van der Waals surface area contributed by atoms with Gasteiger partial charge in [-0.2, -0.15) is 0 Å². The maximum atomic E-state index is 10.5. The van der Waals surface area contributed by atoms with Crippen molar-refractivity contribution in [2.45, 2.75) is 58.0 Å². The number of rotatable bonds is 6. The third-order valence-electron chi connectivity index (χ3n) is 4.34. The number of hydrogen-bond acceptors (Lipinski definition) is 2. The van der Waals surface area contributed by atoms with E-state index < -0.39 is 0 Å². The first kappa shape index (κ1) is 11.0. The summed E-state index contributed by atoms with van der Waals surface area (Å²) in [6.45, 7) is 2.85. The molecule has 86 valence electrons. The van der Waals surface area contributed by atoms with Crippen LogP contribution in [-0.4, -0.2) is 12.6 Å². The van der Waals surface area contributed by atoms with Crippen molar-refractivity contribution in [2.24, 2.45) is 17.8 Å². The third kappa shape index (κ3) is 2.35. The first-order valence-corrected chi connectivity index (χ1v) is 6.44. The van der Waals surface area contributed by atoms with Gasteiger partial charge in [0, 0.05) is 0 Å². The molecule has 2 fully saturated rings. The van der Waals surface area contributed by atoms with E-state index in [4.69, 9.17) is 4.74 Å². The first-order chi connectivity index (χ1) is 7.35. The van der Waals surface area contributed by atoms with Gasteiger partial charge in [-0.15, -0.1) is 0 Å². The van der Waals surface area contributed by atoms with Gasteiger partial charge in [0.05, 0.1) is 0 Å². The summed E-state index contributed by atoms with van der Waals surface area (Å²) in [4.78, 5) is 10.5. The molecule has 0 aromatic heterocycles. The molecular formula is C13H22O2. The zero-order chi connectivity index (χ0) is 10.7. The van der Waals surface area contributed by atoms with Crippen LogP contribution in [0.15, 0.2) is 0 Å². The van der Waals surface area contributed by atoms with Crippen LogP contribution in [0.4, 0.5) is 0 Å². The average Bonchev–Trinajstić information content (AvgIpc) is 2.85. The van der Waals surface area contributed by atoms with Crippen LogP contribution in [-0.2, 0) is 9.53 Å². The van der Waals surface area contributed by atoms with Crippen LogP contribution in [0.2, 0.25) is 0 Å². The van der Waals surface area contributed by atoms with Gasteiger partial charge in [0.15, 0.2) is 0 Å². The fourth-order valence-corrected chi connectivity index (χ4v) is 3.61. The summed E-state index contributed by atoms with van der Waals surface area (Å²) in [5.74, 6) is 2.48. The van der Waals surface area contributed by atoms with Crippen LogP contribution >= 0.6 is 0 Å². The van der Waals surface area contributed by atoms with E-state index in [0.29, 0.717) is 12.4 Å². The van der Waals surface area contributed by atoms with Gasteiger partial charge >= 0.3 is 0 Å². The highest BCUT2D eigenvalue weighted by Crippen LogP contribution is 2.50. The number of fused-ring (bicyclic) bond motifs is 2. The average molecular weight is 210 g/mol. The molecule has 15 heavy (non-hydrogen) atoms. The molecule has 0 spiro atoms. The van der Waals surface area contributed by atoms with Gasteiger partial charge in [0.1, 0.15) is 6.10 Å². The second-order valence-electron chi connectivity index (χ2n) is 5.25. The van der Waals surface area contributed by atoms with Crippen molar-refractivity contribution >= 4 is 6.47 Å². The van der Waals surface area contributed by atoms with E-state index in [2.05, 4.69) is 6.92 Å². The second kappa shape index (κ2) is 5.00. The largest absolute Gasteiger partial charge is 0.464 e. The molecule has 0 aromatic carbocycles. The molecule has 2 rings (SSSR count). The molecule has 0 amide bonds. The summed E-state index contributed by atoms with van der Waals surface area (Å²) in [6, 6.07) is 0. The Morgan fingerprint density at radius 2 is 2.27 bits per heavy atom. The van der Waals surface area contributed by atoms with Crippen molar-refractivity contribution in [1.82, 2.24) is 0 Å². The van der Waals surface area contributed by atoms with Gasteiger partial charge in [-0.1, -0.05) is 26.2 Å². The third-order valence-corrected chi connectivity index (χ3v) is 4.34. The van der Waals surface area contributed by atoms with Crippen molar-refractivity contribution in [3.05, 3.63) is 0 Å². The quantitative estimate of drug-likeness (QED) is 0.629. The van der Waals surface area contributed by atoms with E-state index in [9.17, 15) is 4.79 Å². The van der Waals surface area contributed by atoms with E-state index in [0.717, 1.165) is 18.3 Å². The maximum Gasteiger partial charge on any atom is 0.293 e. The molecule has 2 heteroatoms. The Morgan fingerprint density at radius 3 is 2.80 bits per heavy atom. The van der Waals surface area contributed by atoms with E-state index in [1.165, 1.54) is 38.5 Å². The Labute approximate surface area is 92.4 Å². The highest BCUT2D eigenvalue weighted by Gasteiger charge is 2.43. The fraction of sp³-hybridized carbons (Fsp3) is 0.923. The van der Waals surface area contributed by atoms with Gasteiger partial charge in [-0.05, 0) is 43.4 Å². The minimum absolute atomic E-state index is 0.220. The van der Waals surface area contributed by atoms with Crippen LogP contribution in [0.25, 0.3) is 0 Å². The lowest BCUT2D eigenvalue weighted by Crippen LogP contribution is -2.28. The first-order valence-electron chi connectivity index (χ1n) is 6.44. The predicted octanol–water partition coefficient (Wildman–Crippen LogP) is 3.15. The molecule has 4 atom stereocenters. The highest BCUT2D eigenvalue weighted by molar-refractivity contribution is 5.37. The lowest BCUT2D eigenvalue weighted by molar-refractivity contribution is -0.137. The molecule has 0 aliphatic heterocycles. The van der Waals surface area contributed by atoms with Crippen LogP contribution < -0.4 is 0 Å². The number of unbranched alkanes of at least 4 members (excludes halogenated alkanes) is 1. The Kier molecular flexibility index (Phi) is 3.66. The molecule has 2 aliphatic rings. The van der Waals surface area contributed by atoms with Gasteiger partial charge in [0.25, 0.3) is 6.47 Å². The second-order valence-corrected chi connectivity index (χ2v) is 5.25. The molecule has 2 nitrogen and oxygen atoms in total. The molecule has 2 bridgehead atoms. The van der Waals surface area contributed by atoms with Gasteiger partial charge in [-0.25, -0.2) is 0 Å². The Hall–Kier alpha value is -0.530. The number of carbonyl (C=O) groups is 1. The number of ether oxygens (including phenoxy) is 1. The van der Waals surface area contributed by atoms with Crippen molar-refractivity contribution < 1.29 is 9.53 Å². The SMILES string of the molecule is CCCCC(OC=O)C1CC2CCC1C2. The highest BCUT2D eigenvalue weighted by atomic mass is 16.5. The molecular weight excluding hydrogens is 188 g/mol. The Bertz CT molecular complexity index is 215. The summed E-state index contributed by atoms with van der Waals surface area (Å²) in [6.07, 6.45) is 9.18. The maximum absolute atomic E-state index is 10.5. The van der Waals surface area contributed by atoms with Crippen molar-refractivity contribution in [2.75, 3.05) is 0 Å². The molecule has 2 aliphatic carbocycles. The van der Waals surface area contributed by atoms with E-state index >= 15 is 0 Å². The smallest absolute Gasteiger partial charge is 0.293 e. The lowest BCUT2D eigenvalue weighted by atomic mass is 9.83. The summed E-state index contributed by atoms with van der Waals surface area (Å²) in [7, 11) is 0. The molecule has 0 radical (unpaired) electrons. The molecule has 0 saturated heterocycles. The molecule has 0 heterocycles. The van der Waals surface area contributed by atoms with E-state index in [1.54, 1.807) is 0 Å². The lowest BCUT2D eigenvalue weighted by Gasteiger charge is -2.29. The standard InChI is InChI=1S/C13H22O2/c1-2-3-4-13(15-9-14)12-8-10-5-6-11(12)7-10/h9-13H,2-8H2,1H3. The summed E-state index contributed by atoms with van der Waals surface area (Å²) in [5, 5.41) is 0. The molecule has 2 saturated carbocycles. The fourth-order valence-electron chi connectivity index (χ4n) is 3.61. The number of carbonyl (C=O) groups excluding carboxylic acids is 1. The minimum atomic E-state index is 0.220. The zero-order valence-corrected chi connectivity index (χ0v) is 9.65. The monoisotopic (exact) mass is 210 g/mol. The van der Waals surface area contributed by atoms with Crippen molar-refractivity contribution in [3.8, 4) is 0 Å². The van der Waals surface area contributed by atoms with Crippen LogP contribution in [0.1, 0.15) is 51.9 Å². The summed E-state index contributed by atoms with van der Waals surface area (Å²) < 4.78 is 5.30. The zero-order valence-electron chi connectivity index (χ0n) is 9.65. The van der Waals surface area contributed by atoms with Crippen LogP contribution in [0, 0.1) is 17.8 Å². The van der Waals surface area contributed by atoms with Crippen molar-refractivity contribution in [3.63, 3.8) is 0 Å². The van der Waals surface area contributed by atoms with Gasteiger partial charge in [0.2, 0.25) is 0 Å². The molecule has 0 N–H and O–H groups in total. The topological polar surface area (TPSA) is 26.3 Å². The van der Waals surface area contributed by atoms with Gasteiger partial charge < -0.3 is 4.74 Å². The van der Waals surface area contributed by atoms with Crippen molar-refractivity contribution in [1.29, 1.82) is 0 Å². The van der Waals surface area contributed by atoms with E-state index in [-0.39, 0.29) is 6.10 Å². The van der Waals surface area contributed by atoms with Crippen LogP contribution in [0.3, 0.4) is 0 Å². The minimum Gasteiger partial charge on any atom is -0.464 e. The van der Waals surface area contributed by atoms with E-state index in [1.807, 2.05) is 0 Å². The molecule has 4 unspecified atom stereocenters. The van der Waals surface area contributed by atoms with Crippen LogP contribution in [0.5, 0.6) is 0 Å². The normalized spacial score (nSPS) is 35.4. The summed E-state index contributed by atoms with van der Waals surface area (Å²) in [5.41, 5.74) is 0. The summed E-state index contributed by atoms with van der Waals surface area (Å²) >= 11 is 0. The Balaban J connectivity index is 1.89. The predicted molar refractivity (Wildman–Crippen MR) is 59.4 cm³/mol. The Morgan fingerprint density at radius 1 is 1.40 bits per heavy atom. The number of hydrogen-bond donors (Lipinski definition) is 0.